The van der Waals surface area contributed by atoms with Crippen molar-refractivity contribution >= 4 is 30.7 Å². The Kier molecular flexibility index (Phi) is 8.85. The molecule has 1 aliphatic rings. The Balaban J connectivity index is 0.00000180. The molecule has 116 valence electrons. The molecule has 3 atom stereocenters. The zero-order valence-corrected chi connectivity index (χ0v) is 13.5. The summed E-state index contributed by atoms with van der Waals surface area (Å²) in [5.41, 5.74) is 0. The van der Waals surface area contributed by atoms with E-state index in [0.29, 0.717) is 24.9 Å². The van der Waals surface area contributed by atoms with Crippen molar-refractivity contribution in [1.29, 1.82) is 0 Å². The van der Waals surface area contributed by atoms with Crippen molar-refractivity contribution in [2.45, 2.75) is 45.3 Å². The zero-order valence-electron chi connectivity index (χ0n) is 11.9. The number of carbonyl (C=O) groups is 1. The molecule has 1 aromatic heterocycles. The van der Waals surface area contributed by atoms with Gasteiger partial charge < -0.3 is 15.2 Å². The number of rotatable bonds is 4. The van der Waals surface area contributed by atoms with E-state index >= 15 is 0 Å². The number of aryl methyl sites for hydroxylation is 1. The van der Waals surface area contributed by atoms with Gasteiger partial charge in [0.1, 0.15) is 0 Å². The second kappa shape index (κ2) is 9.21. The normalized spacial score (nSPS) is 25.2. The molecule has 1 aliphatic heterocycles. The minimum Gasteiger partial charge on any atom is -0.351 e. The van der Waals surface area contributed by atoms with Crippen LogP contribution in [-0.4, -0.2) is 34.1 Å². The van der Waals surface area contributed by atoms with Crippen molar-refractivity contribution in [1.82, 2.24) is 20.2 Å². The molecule has 0 bridgehead atoms. The molecule has 2 rings (SSSR count). The summed E-state index contributed by atoms with van der Waals surface area (Å²) in [5, 5.41) is 6.55. The molecule has 20 heavy (non-hydrogen) atoms. The third-order valence-electron chi connectivity index (χ3n) is 3.70. The SMILES string of the molecule is CC1CCNC(C)C1NC(=O)CCn1ccnc1.Cl.Cl. The quantitative estimate of drug-likeness (QED) is 0.885. The molecule has 2 N–H and O–H groups in total. The number of carbonyl (C=O) groups excluding carboxylic acids is 1. The number of aromatic nitrogens is 2. The van der Waals surface area contributed by atoms with Gasteiger partial charge in [-0.25, -0.2) is 4.98 Å². The Morgan fingerprint density at radius 3 is 2.80 bits per heavy atom. The second-order valence-electron chi connectivity index (χ2n) is 5.15. The van der Waals surface area contributed by atoms with E-state index in [1.54, 1.807) is 12.5 Å². The van der Waals surface area contributed by atoms with Crippen LogP contribution >= 0.6 is 24.8 Å². The van der Waals surface area contributed by atoms with Gasteiger partial charge in [-0.3, -0.25) is 4.79 Å². The Bertz CT molecular complexity index is 376. The minimum atomic E-state index is 0. The number of imidazole rings is 1. The van der Waals surface area contributed by atoms with Gasteiger partial charge >= 0.3 is 0 Å². The molecule has 0 spiro atoms. The monoisotopic (exact) mass is 322 g/mol. The van der Waals surface area contributed by atoms with Gasteiger partial charge in [-0.05, 0) is 25.8 Å². The van der Waals surface area contributed by atoms with Gasteiger partial charge in [0.05, 0.1) is 6.33 Å². The molecule has 0 radical (unpaired) electrons. The maximum atomic E-state index is 11.9. The summed E-state index contributed by atoms with van der Waals surface area (Å²) >= 11 is 0. The van der Waals surface area contributed by atoms with E-state index in [1.165, 1.54) is 0 Å². The van der Waals surface area contributed by atoms with E-state index in [0.717, 1.165) is 13.0 Å². The average molecular weight is 323 g/mol. The third-order valence-corrected chi connectivity index (χ3v) is 3.70. The first-order valence-electron chi connectivity index (χ1n) is 6.65. The first-order chi connectivity index (χ1) is 8.66. The number of hydrogen-bond acceptors (Lipinski definition) is 3. The van der Waals surface area contributed by atoms with Crippen LogP contribution in [0.1, 0.15) is 26.7 Å². The average Bonchev–Trinajstić information content (AvgIpc) is 2.84. The molecule has 0 aliphatic carbocycles. The van der Waals surface area contributed by atoms with Gasteiger partial charge in [0.15, 0.2) is 0 Å². The first kappa shape index (κ1) is 19.2. The van der Waals surface area contributed by atoms with E-state index in [4.69, 9.17) is 0 Å². The highest BCUT2D eigenvalue weighted by Crippen LogP contribution is 2.16. The Hall–Kier alpha value is -0.780. The standard InChI is InChI=1S/C13H22N4O.2ClH/c1-10-3-5-15-11(2)13(10)16-12(18)4-7-17-8-6-14-9-17;;/h6,8-11,13,15H,3-5,7H2,1-2H3,(H,16,18);2*1H. The summed E-state index contributed by atoms with van der Waals surface area (Å²) in [4.78, 5) is 15.9. The Morgan fingerprint density at radius 1 is 1.45 bits per heavy atom. The summed E-state index contributed by atoms with van der Waals surface area (Å²) in [6.45, 7) is 6.08. The predicted molar refractivity (Wildman–Crippen MR) is 84.5 cm³/mol. The first-order valence-corrected chi connectivity index (χ1v) is 6.65. The highest BCUT2D eigenvalue weighted by atomic mass is 35.5. The van der Waals surface area contributed by atoms with Crippen LogP contribution in [0.15, 0.2) is 18.7 Å². The summed E-state index contributed by atoms with van der Waals surface area (Å²) in [7, 11) is 0. The van der Waals surface area contributed by atoms with Gasteiger partial charge in [-0.2, -0.15) is 0 Å². The number of halogens is 2. The fraction of sp³-hybridized carbons (Fsp3) is 0.692. The number of piperidine rings is 1. The van der Waals surface area contributed by atoms with Crippen LogP contribution in [-0.2, 0) is 11.3 Å². The van der Waals surface area contributed by atoms with Gasteiger partial charge in [-0.1, -0.05) is 6.92 Å². The van der Waals surface area contributed by atoms with Crippen molar-refractivity contribution in [2.75, 3.05) is 6.54 Å². The molecular weight excluding hydrogens is 299 g/mol. The van der Waals surface area contributed by atoms with E-state index < -0.39 is 0 Å². The van der Waals surface area contributed by atoms with Gasteiger partial charge in [0.25, 0.3) is 0 Å². The number of nitrogens with zero attached hydrogens (tertiary/aromatic N) is 2. The minimum absolute atomic E-state index is 0. The lowest BCUT2D eigenvalue weighted by Gasteiger charge is -2.36. The zero-order chi connectivity index (χ0) is 13.0. The number of nitrogens with one attached hydrogen (secondary N) is 2. The second-order valence-corrected chi connectivity index (χ2v) is 5.15. The van der Waals surface area contributed by atoms with Crippen LogP contribution in [0.4, 0.5) is 0 Å². The van der Waals surface area contributed by atoms with E-state index in [1.807, 2.05) is 10.8 Å². The predicted octanol–water partition coefficient (Wildman–Crippen LogP) is 1.62. The highest BCUT2D eigenvalue weighted by Gasteiger charge is 2.28. The summed E-state index contributed by atoms with van der Waals surface area (Å²) < 4.78 is 1.92. The number of hydrogen-bond donors (Lipinski definition) is 2. The molecule has 1 saturated heterocycles. The van der Waals surface area contributed by atoms with Crippen molar-refractivity contribution < 1.29 is 4.79 Å². The van der Waals surface area contributed by atoms with Crippen LogP contribution < -0.4 is 10.6 Å². The van der Waals surface area contributed by atoms with Crippen LogP contribution in [0, 0.1) is 5.92 Å². The maximum Gasteiger partial charge on any atom is 0.222 e. The molecule has 0 saturated carbocycles. The van der Waals surface area contributed by atoms with Crippen LogP contribution in [0.5, 0.6) is 0 Å². The summed E-state index contributed by atoms with van der Waals surface area (Å²) in [6.07, 6.45) is 6.97. The highest BCUT2D eigenvalue weighted by molar-refractivity contribution is 5.85. The van der Waals surface area contributed by atoms with Crippen LogP contribution in [0.2, 0.25) is 0 Å². The molecule has 2 heterocycles. The molecular formula is C13H24Cl2N4O. The van der Waals surface area contributed by atoms with Crippen LogP contribution in [0.3, 0.4) is 0 Å². The topological polar surface area (TPSA) is 58.9 Å². The molecule has 1 amide bonds. The molecule has 1 fully saturated rings. The summed E-state index contributed by atoms with van der Waals surface area (Å²) in [5.74, 6) is 0.662. The Labute approximate surface area is 132 Å². The molecule has 3 unspecified atom stereocenters. The number of amides is 1. The summed E-state index contributed by atoms with van der Waals surface area (Å²) in [6, 6.07) is 0.597. The van der Waals surface area contributed by atoms with Crippen molar-refractivity contribution in [3.8, 4) is 0 Å². The lowest BCUT2D eigenvalue weighted by Crippen LogP contribution is -2.55. The molecule has 1 aromatic rings. The van der Waals surface area contributed by atoms with Crippen LogP contribution in [0.25, 0.3) is 0 Å². The largest absolute Gasteiger partial charge is 0.351 e. The van der Waals surface area contributed by atoms with E-state index in [2.05, 4.69) is 29.5 Å². The van der Waals surface area contributed by atoms with Gasteiger partial charge in [-0.15, -0.1) is 24.8 Å². The molecule has 0 aromatic carbocycles. The van der Waals surface area contributed by atoms with Gasteiger partial charge in [0.2, 0.25) is 5.91 Å². The fourth-order valence-electron chi connectivity index (χ4n) is 2.51. The molecule has 7 heteroatoms. The van der Waals surface area contributed by atoms with Gasteiger partial charge in [0, 0.05) is 37.4 Å². The lowest BCUT2D eigenvalue weighted by molar-refractivity contribution is -0.122. The smallest absolute Gasteiger partial charge is 0.222 e. The fourth-order valence-corrected chi connectivity index (χ4v) is 2.51. The van der Waals surface area contributed by atoms with Crippen molar-refractivity contribution in [3.05, 3.63) is 18.7 Å². The van der Waals surface area contributed by atoms with Crippen molar-refractivity contribution in [2.24, 2.45) is 5.92 Å². The lowest BCUT2D eigenvalue weighted by atomic mass is 9.89. The van der Waals surface area contributed by atoms with Crippen molar-refractivity contribution in [3.63, 3.8) is 0 Å². The Morgan fingerprint density at radius 2 is 2.20 bits per heavy atom. The van der Waals surface area contributed by atoms with E-state index in [9.17, 15) is 4.79 Å². The van der Waals surface area contributed by atoms with E-state index in [-0.39, 0.29) is 36.8 Å². The molecule has 5 nitrogen and oxygen atoms in total. The maximum absolute atomic E-state index is 11.9. The third kappa shape index (κ3) is 5.31.